The summed E-state index contributed by atoms with van der Waals surface area (Å²) in [5.74, 6) is -3.30. The Hall–Kier alpha value is -1.95. The molecule has 0 aliphatic heterocycles. The monoisotopic (exact) mass is 320 g/mol. The van der Waals surface area contributed by atoms with Crippen LogP contribution in [0, 0.1) is 11.6 Å². The van der Waals surface area contributed by atoms with Gasteiger partial charge in [0, 0.05) is 11.1 Å². The third-order valence-corrected chi connectivity index (χ3v) is 3.11. The number of ketones is 1. The molecule has 2 rings (SSSR count). The molecule has 2 aromatic rings. The van der Waals surface area contributed by atoms with Crippen molar-refractivity contribution in [2.75, 3.05) is 0 Å². The third-order valence-electron chi connectivity index (χ3n) is 2.73. The van der Waals surface area contributed by atoms with Crippen molar-refractivity contribution in [2.45, 2.75) is 6.18 Å². The molecule has 21 heavy (non-hydrogen) atoms. The van der Waals surface area contributed by atoms with Crippen molar-refractivity contribution in [1.82, 2.24) is 0 Å². The smallest absolute Gasteiger partial charge is 0.289 e. The van der Waals surface area contributed by atoms with E-state index in [1.165, 1.54) is 12.1 Å². The Labute approximate surface area is 121 Å². The molecule has 0 unspecified atom stereocenters. The van der Waals surface area contributed by atoms with Crippen LogP contribution in [0.2, 0.25) is 5.02 Å². The fourth-order valence-electron chi connectivity index (χ4n) is 1.72. The van der Waals surface area contributed by atoms with Crippen LogP contribution in [0.25, 0.3) is 0 Å². The van der Waals surface area contributed by atoms with Crippen molar-refractivity contribution in [3.63, 3.8) is 0 Å². The Bertz CT molecular complexity index is 709. The SMILES string of the molecule is O=C(c1ccc(F)c(C(F)(F)F)c1)c1cccc(F)c1Cl. The van der Waals surface area contributed by atoms with Crippen molar-refractivity contribution < 1.29 is 26.7 Å². The van der Waals surface area contributed by atoms with E-state index in [-0.39, 0.29) is 5.56 Å². The maximum absolute atomic E-state index is 13.3. The second-order valence-electron chi connectivity index (χ2n) is 4.12. The molecule has 7 heteroatoms. The zero-order valence-electron chi connectivity index (χ0n) is 10.1. The summed E-state index contributed by atoms with van der Waals surface area (Å²) in [6.07, 6.45) is -4.94. The first-order valence-electron chi connectivity index (χ1n) is 5.57. The van der Waals surface area contributed by atoms with Crippen LogP contribution in [0.5, 0.6) is 0 Å². The first kappa shape index (κ1) is 15.4. The fourth-order valence-corrected chi connectivity index (χ4v) is 1.93. The average Bonchev–Trinajstić information content (AvgIpc) is 2.40. The Kier molecular flexibility index (Phi) is 4.00. The Morgan fingerprint density at radius 2 is 1.67 bits per heavy atom. The van der Waals surface area contributed by atoms with Gasteiger partial charge in [-0.1, -0.05) is 17.7 Å². The standard InChI is InChI=1S/C14H6ClF5O/c15-12-8(2-1-3-11(12)17)13(21)7-4-5-10(16)9(6-7)14(18,19)20/h1-6H. The maximum Gasteiger partial charge on any atom is 0.419 e. The minimum Gasteiger partial charge on any atom is -0.289 e. The Balaban J connectivity index is 2.52. The number of carbonyl (C=O) groups excluding carboxylic acids is 1. The molecule has 0 aliphatic carbocycles. The zero-order valence-corrected chi connectivity index (χ0v) is 10.9. The van der Waals surface area contributed by atoms with Gasteiger partial charge in [-0.05, 0) is 30.3 Å². The quantitative estimate of drug-likeness (QED) is 0.570. The highest BCUT2D eigenvalue weighted by atomic mass is 35.5. The normalized spacial score (nSPS) is 11.5. The number of halogens is 6. The van der Waals surface area contributed by atoms with Gasteiger partial charge in [0.05, 0.1) is 10.6 Å². The molecule has 0 aliphatic rings. The van der Waals surface area contributed by atoms with Crippen molar-refractivity contribution >= 4 is 17.4 Å². The van der Waals surface area contributed by atoms with Gasteiger partial charge in [-0.25, -0.2) is 8.78 Å². The highest BCUT2D eigenvalue weighted by Gasteiger charge is 2.34. The van der Waals surface area contributed by atoms with Crippen LogP contribution >= 0.6 is 11.6 Å². The van der Waals surface area contributed by atoms with Gasteiger partial charge < -0.3 is 0 Å². The summed E-state index contributed by atoms with van der Waals surface area (Å²) in [6.45, 7) is 0. The van der Waals surface area contributed by atoms with Gasteiger partial charge in [0.25, 0.3) is 0 Å². The van der Waals surface area contributed by atoms with Crippen LogP contribution in [0.1, 0.15) is 21.5 Å². The molecule has 2 aromatic carbocycles. The van der Waals surface area contributed by atoms with E-state index in [9.17, 15) is 26.7 Å². The number of alkyl halides is 3. The minimum atomic E-state index is -4.94. The number of benzene rings is 2. The molecule has 0 N–H and O–H groups in total. The molecule has 0 heterocycles. The summed E-state index contributed by atoms with van der Waals surface area (Å²) in [4.78, 5) is 12.1. The van der Waals surface area contributed by atoms with E-state index < -0.39 is 39.7 Å². The molecule has 0 bridgehead atoms. The summed E-state index contributed by atoms with van der Waals surface area (Å²) in [6, 6.07) is 5.16. The second-order valence-corrected chi connectivity index (χ2v) is 4.50. The minimum absolute atomic E-state index is 0.295. The predicted octanol–water partition coefficient (Wildman–Crippen LogP) is 4.87. The lowest BCUT2D eigenvalue weighted by molar-refractivity contribution is -0.140. The summed E-state index contributed by atoms with van der Waals surface area (Å²) >= 11 is 5.61. The van der Waals surface area contributed by atoms with Crippen molar-refractivity contribution in [1.29, 1.82) is 0 Å². The van der Waals surface area contributed by atoms with Crippen LogP contribution in [0.4, 0.5) is 22.0 Å². The fraction of sp³-hybridized carbons (Fsp3) is 0.0714. The van der Waals surface area contributed by atoms with Gasteiger partial charge in [-0.3, -0.25) is 4.79 Å². The van der Waals surface area contributed by atoms with Crippen molar-refractivity contribution in [3.05, 3.63) is 69.7 Å². The highest BCUT2D eigenvalue weighted by molar-refractivity contribution is 6.35. The molecule has 0 fully saturated rings. The molecule has 0 amide bonds. The number of rotatable bonds is 2. The van der Waals surface area contributed by atoms with Crippen molar-refractivity contribution in [3.8, 4) is 0 Å². The molecule has 0 saturated heterocycles. The number of carbonyl (C=O) groups is 1. The zero-order chi connectivity index (χ0) is 15.8. The lowest BCUT2D eigenvalue weighted by Crippen LogP contribution is -2.11. The highest BCUT2D eigenvalue weighted by Crippen LogP contribution is 2.32. The van der Waals surface area contributed by atoms with E-state index in [0.29, 0.717) is 12.1 Å². The molecule has 0 radical (unpaired) electrons. The summed E-state index contributed by atoms with van der Waals surface area (Å²) in [5.41, 5.74) is -2.30. The van der Waals surface area contributed by atoms with E-state index in [1.807, 2.05) is 0 Å². The molecule has 0 spiro atoms. The van der Waals surface area contributed by atoms with Gasteiger partial charge in [0.1, 0.15) is 11.6 Å². The number of hydrogen-bond donors (Lipinski definition) is 0. The Morgan fingerprint density at radius 3 is 2.29 bits per heavy atom. The summed E-state index contributed by atoms with van der Waals surface area (Å²) in [7, 11) is 0. The lowest BCUT2D eigenvalue weighted by Gasteiger charge is -2.10. The molecule has 110 valence electrons. The van der Waals surface area contributed by atoms with Gasteiger partial charge >= 0.3 is 6.18 Å². The second kappa shape index (κ2) is 5.44. The molecular formula is C14H6ClF5O. The van der Waals surface area contributed by atoms with Crippen LogP contribution in [0.15, 0.2) is 36.4 Å². The first-order valence-corrected chi connectivity index (χ1v) is 5.95. The maximum atomic E-state index is 13.3. The van der Waals surface area contributed by atoms with Gasteiger partial charge in [0.15, 0.2) is 5.78 Å². The van der Waals surface area contributed by atoms with Crippen LogP contribution in [0.3, 0.4) is 0 Å². The molecule has 0 aromatic heterocycles. The molecule has 1 nitrogen and oxygen atoms in total. The molecule has 0 atom stereocenters. The van der Waals surface area contributed by atoms with Gasteiger partial charge in [0.2, 0.25) is 0 Å². The van der Waals surface area contributed by atoms with Crippen LogP contribution in [-0.4, -0.2) is 5.78 Å². The van der Waals surface area contributed by atoms with Crippen LogP contribution in [-0.2, 0) is 6.18 Å². The average molecular weight is 321 g/mol. The summed E-state index contributed by atoms with van der Waals surface area (Å²) in [5, 5.41) is -0.500. The molecular weight excluding hydrogens is 315 g/mol. The van der Waals surface area contributed by atoms with Crippen LogP contribution < -0.4 is 0 Å². The van der Waals surface area contributed by atoms with Crippen molar-refractivity contribution in [2.24, 2.45) is 0 Å². The Morgan fingerprint density at radius 1 is 1.00 bits per heavy atom. The van der Waals surface area contributed by atoms with E-state index in [2.05, 4.69) is 0 Å². The van der Waals surface area contributed by atoms with E-state index in [1.54, 1.807) is 0 Å². The third kappa shape index (κ3) is 3.05. The lowest BCUT2D eigenvalue weighted by atomic mass is 10.0. The van der Waals surface area contributed by atoms with Gasteiger partial charge in [-0.2, -0.15) is 13.2 Å². The molecule has 0 saturated carbocycles. The topological polar surface area (TPSA) is 17.1 Å². The predicted molar refractivity (Wildman–Crippen MR) is 66.2 cm³/mol. The largest absolute Gasteiger partial charge is 0.419 e. The van der Waals surface area contributed by atoms with E-state index in [0.717, 1.165) is 12.1 Å². The summed E-state index contributed by atoms with van der Waals surface area (Å²) < 4.78 is 64.2. The van der Waals surface area contributed by atoms with Gasteiger partial charge in [-0.15, -0.1) is 0 Å². The first-order chi connectivity index (χ1) is 9.71. The van der Waals surface area contributed by atoms with E-state index in [4.69, 9.17) is 11.6 Å². The van der Waals surface area contributed by atoms with E-state index >= 15 is 0 Å². The number of hydrogen-bond acceptors (Lipinski definition) is 1.